The van der Waals surface area contributed by atoms with Crippen LogP contribution in [0.1, 0.15) is 12.8 Å². The fraction of sp³-hybridized carbons (Fsp3) is 0.444. The highest BCUT2D eigenvalue weighted by Gasteiger charge is 2.34. The van der Waals surface area contributed by atoms with Crippen molar-refractivity contribution >= 4 is 28.5 Å². The summed E-state index contributed by atoms with van der Waals surface area (Å²) < 4.78 is 0. The normalized spacial score (nSPS) is 14.5. The summed E-state index contributed by atoms with van der Waals surface area (Å²) in [7, 11) is 0. The van der Waals surface area contributed by atoms with E-state index in [2.05, 4.69) is 10.3 Å². The van der Waals surface area contributed by atoms with Crippen molar-refractivity contribution in [1.82, 2.24) is 9.88 Å². The second kappa shape index (κ2) is 4.48. The van der Waals surface area contributed by atoms with Gasteiger partial charge in [-0.1, -0.05) is 0 Å². The van der Waals surface area contributed by atoms with Crippen molar-refractivity contribution in [3.63, 3.8) is 0 Å². The zero-order valence-electron chi connectivity index (χ0n) is 8.42. The zero-order chi connectivity index (χ0) is 11.5. The number of carboxylic acid groups (broad SMARTS) is 1. The molecule has 1 aliphatic rings. The Bertz CT molecular complexity index is 389. The number of hydrogen-bond acceptors (Lipinski definition) is 4. The van der Waals surface area contributed by atoms with Gasteiger partial charge < -0.3 is 10.0 Å². The first-order valence-electron chi connectivity index (χ1n) is 4.85. The zero-order valence-corrected chi connectivity index (χ0v) is 9.24. The highest BCUT2D eigenvalue weighted by atomic mass is 32.1. The third-order valence-electron chi connectivity index (χ3n) is 2.20. The lowest BCUT2D eigenvalue weighted by molar-refractivity contribution is -0.137. The molecule has 1 aromatic heterocycles. The van der Waals surface area contributed by atoms with Gasteiger partial charge in [-0.3, -0.25) is 10.1 Å². The Kier molecular flexibility index (Phi) is 3.04. The van der Waals surface area contributed by atoms with Crippen molar-refractivity contribution in [2.75, 3.05) is 11.9 Å². The van der Waals surface area contributed by atoms with Crippen LogP contribution in [0.3, 0.4) is 0 Å². The van der Waals surface area contributed by atoms with Crippen LogP contribution in [0.15, 0.2) is 11.6 Å². The molecule has 2 N–H and O–H groups in total. The molecule has 0 aromatic carbocycles. The highest BCUT2D eigenvalue weighted by molar-refractivity contribution is 7.13. The summed E-state index contributed by atoms with van der Waals surface area (Å²) in [6, 6.07) is -0.323. The number of amides is 2. The number of aliphatic carboxylic acids is 1. The molecule has 16 heavy (non-hydrogen) atoms. The minimum absolute atomic E-state index is 0.0658. The summed E-state index contributed by atoms with van der Waals surface area (Å²) in [5.74, 6) is -0.999. The lowest BCUT2D eigenvalue weighted by Crippen LogP contribution is -2.40. The van der Waals surface area contributed by atoms with Crippen LogP contribution in [0.5, 0.6) is 0 Å². The van der Waals surface area contributed by atoms with Crippen molar-refractivity contribution in [1.29, 1.82) is 0 Å². The van der Waals surface area contributed by atoms with Gasteiger partial charge in [0.2, 0.25) is 0 Å². The van der Waals surface area contributed by atoms with E-state index in [4.69, 9.17) is 5.11 Å². The molecule has 0 unspecified atom stereocenters. The van der Waals surface area contributed by atoms with Gasteiger partial charge in [-0.05, 0) is 12.8 Å². The molecule has 0 saturated heterocycles. The summed E-state index contributed by atoms with van der Waals surface area (Å²) in [5.41, 5.74) is 0. The molecule has 2 amide bonds. The predicted octanol–water partition coefficient (Wildman–Crippen LogP) is 1.22. The van der Waals surface area contributed by atoms with Gasteiger partial charge in [-0.2, -0.15) is 0 Å². The van der Waals surface area contributed by atoms with Crippen LogP contribution >= 0.6 is 11.3 Å². The molecular weight excluding hydrogens is 230 g/mol. The SMILES string of the molecule is O=C(O)CN(C(=O)Nc1nccs1)C1CC1. The third-order valence-corrected chi connectivity index (χ3v) is 2.89. The maximum absolute atomic E-state index is 11.7. The van der Waals surface area contributed by atoms with Crippen molar-refractivity contribution in [3.05, 3.63) is 11.6 Å². The van der Waals surface area contributed by atoms with Gasteiger partial charge in [0.05, 0.1) is 0 Å². The molecule has 2 rings (SSSR count). The number of anilines is 1. The van der Waals surface area contributed by atoms with Gasteiger partial charge in [0, 0.05) is 17.6 Å². The molecule has 6 nitrogen and oxygen atoms in total. The average molecular weight is 241 g/mol. The number of thiazole rings is 1. The van der Waals surface area contributed by atoms with Gasteiger partial charge in [-0.15, -0.1) is 11.3 Å². The minimum Gasteiger partial charge on any atom is -0.480 e. The van der Waals surface area contributed by atoms with Crippen LogP contribution in [0.2, 0.25) is 0 Å². The molecule has 1 aliphatic carbocycles. The molecule has 1 heterocycles. The first-order chi connectivity index (χ1) is 7.66. The number of aromatic nitrogens is 1. The van der Waals surface area contributed by atoms with Crippen LogP contribution in [-0.2, 0) is 4.79 Å². The summed E-state index contributed by atoms with van der Waals surface area (Å²) in [6.45, 7) is -0.262. The maximum Gasteiger partial charge on any atom is 0.324 e. The first-order valence-corrected chi connectivity index (χ1v) is 5.73. The number of urea groups is 1. The summed E-state index contributed by atoms with van der Waals surface area (Å²) in [6.07, 6.45) is 3.33. The molecule has 0 bridgehead atoms. The average Bonchev–Trinajstić information content (AvgIpc) is 2.94. The number of hydrogen-bond donors (Lipinski definition) is 2. The summed E-state index contributed by atoms with van der Waals surface area (Å²) in [4.78, 5) is 27.6. The fourth-order valence-corrected chi connectivity index (χ4v) is 1.87. The van der Waals surface area contributed by atoms with E-state index < -0.39 is 5.97 Å². The van der Waals surface area contributed by atoms with E-state index in [0.717, 1.165) is 12.8 Å². The van der Waals surface area contributed by atoms with E-state index in [9.17, 15) is 9.59 Å². The maximum atomic E-state index is 11.7. The lowest BCUT2D eigenvalue weighted by atomic mass is 10.5. The van der Waals surface area contributed by atoms with E-state index in [1.54, 1.807) is 11.6 Å². The molecule has 7 heteroatoms. The molecule has 0 aliphatic heterocycles. The number of carbonyl (C=O) groups excluding carboxylic acids is 1. The molecule has 1 aromatic rings. The topological polar surface area (TPSA) is 82.5 Å². The molecule has 86 valence electrons. The van der Waals surface area contributed by atoms with Crippen LogP contribution in [-0.4, -0.2) is 39.6 Å². The van der Waals surface area contributed by atoms with Gasteiger partial charge in [0.1, 0.15) is 6.54 Å². The Labute approximate surface area is 95.9 Å². The molecule has 0 radical (unpaired) electrons. The van der Waals surface area contributed by atoms with Crippen molar-refractivity contribution in [2.45, 2.75) is 18.9 Å². The quantitative estimate of drug-likeness (QED) is 0.830. The second-order valence-corrected chi connectivity index (χ2v) is 4.41. The Morgan fingerprint density at radius 3 is 2.88 bits per heavy atom. The van der Waals surface area contributed by atoms with E-state index in [1.807, 2.05) is 0 Å². The van der Waals surface area contributed by atoms with E-state index in [-0.39, 0.29) is 18.6 Å². The second-order valence-electron chi connectivity index (χ2n) is 3.52. The minimum atomic E-state index is -0.999. The van der Waals surface area contributed by atoms with Gasteiger partial charge in [0.25, 0.3) is 0 Å². The predicted molar refractivity (Wildman–Crippen MR) is 58.5 cm³/mol. The fourth-order valence-electron chi connectivity index (χ4n) is 1.35. The Hall–Kier alpha value is -1.63. The van der Waals surface area contributed by atoms with Crippen molar-refractivity contribution < 1.29 is 14.7 Å². The number of nitrogens with zero attached hydrogens (tertiary/aromatic N) is 2. The Morgan fingerprint density at radius 1 is 1.62 bits per heavy atom. The molecule has 1 saturated carbocycles. The van der Waals surface area contributed by atoms with Crippen LogP contribution in [0.4, 0.5) is 9.93 Å². The number of carboxylic acids is 1. The summed E-state index contributed by atoms with van der Waals surface area (Å²) >= 11 is 1.30. The third kappa shape index (κ3) is 2.69. The highest BCUT2D eigenvalue weighted by Crippen LogP contribution is 2.27. The monoisotopic (exact) mass is 241 g/mol. The molecular formula is C9H11N3O3S. The molecule has 0 atom stereocenters. The van der Waals surface area contributed by atoms with Gasteiger partial charge in [0.15, 0.2) is 5.13 Å². The van der Waals surface area contributed by atoms with Crippen molar-refractivity contribution in [2.24, 2.45) is 0 Å². The van der Waals surface area contributed by atoms with Crippen LogP contribution in [0, 0.1) is 0 Å². The number of nitrogens with one attached hydrogen (secondary N) is 1. The largest absolute Gasteiger partial charge is 0.480 e. The lowest BCUT2D eigenvalue weighted by Gasteiger charge is -2.19. The van der Waals surface area contributed by atoms with E-state index in [0.29, 0.717) is 5.13 Å². The first kappa shape index (κ1) is 10.9. The van der Waals surface area contributed by atoms with E-state index >= 15 is 0 Å². The van der Waals surface area contributed by atoms with Crippen LogP contribution in [0.25, 0.3) is 0 Å². The van der Waals surface area contributed by atoms with E-state index in [1.165, 1.54) is 16.2 Å². The number of rotatable bonds is 4. The summed E-state index contributed by atoms with van der Waals surface area (Å²) in [5, 5.41) is 13.5. The Balaban J connectivity index is 1.97. The standard InChI is InChI=1S/C9H11N3O3S/c13-7(14)5-12(6-1-2-6)9(15)11-8-10-3-4-16-8/h3-4,6H,1-2,5H2,(H,13,14)(H,10,11,15). The smallest absolute Gasteiger partial charge is 0.324 e. The molecule has 0 spiro atoms. The van der Waals surface area contributed by atoms with Gasteiger partial charge in [-0.25, -0.2) is 9.78 Å². The van der Waals surface area contributed by atoms with Crippen LogP contribution < -0.4 is 5.32 Å². The number of carbonyl (C=O) groups is 2. The van der Waals surface area contributed by atoms with Crippen molar-refractivity contribution in [3.8, 4) is 0 Å². The molecule has 1 fully saturated rings. The Morgan fingerprint density at radius 2 is 2.38 bits per heavy atom. The van der Waals surface area contributed by atoms with Gasteiger partial charge >= 0.3 is 12.0 Å².